The van der Waals surface area contributed by atoms with Gasteiger partial charge in [0.25, 0.3) is 0 Å². The average Bonchev–Trinajstić information content (AvgIpc) is 2.53. The van der Waals surface area contributed by atoms with Gasteiger partial charge < -0.3 is 19.3 Å². The maximum atomic E-state index is 12.3. The van der Waals surface area contributed by atoms with E-state index < -0.39 is 10.1 Å². The van der Waals surface area contributed by atoms with Crippen LogP contribution in [0.1, 0.15) is 19.4 Å². The fourth-order valence-corrected chi connectivity index (χ4v) is 2.74. The van der Waals surface area contributed by atoms with Crippen LogP contribution in [0.2, 0.25) is 5.02 Å². The fraction of sp³-hybridized carbons (Fsp3) is 0.562. The molecular formula is C16H26ClN3O4S. The summed E-state index contributed by atoms with van der Waals surface area (Å²) < 4.78 is 28.7. The molecule has 0 bridgehead atoms. The molecule has 0 saturated carbocycles. The molecular weight excluding hydrogens is 366 g/mol. The Morgan fingerprint density at radius 1 is 1.24 bits per heavy atom. The maximum absolute atomic E-state index is 12.3. The minimum Gasteiger partial charge on any atom is -0.382 e. The first kappa shape index (κ1) is 21.5. The summed E-state index contributed by atoms with van der Waals surface area (Å²) in [6.07, 6.45) is 0. The zero-order valence-corrected chi connectivity index (χ0v) is 16.7. The molecule has 0 spiro atoms. The number of nitrogens with one attached hydrogen (secondary N) is 1. The van der Waals surface area contributed by atoms with Crippen molar-refractivity contribution in [2.75, 3.05) is 39.5 Å². The molecule has 0 aliphatic rings. The molecule has 9 heteroatoms. The second-order valence-electron chi connectivity index (χ2n) is 5.74. The van der Waals surface area contributed by atoms with Crippen molar-refractivity contribution in [3.63, 3.8) is 0 Å². The summed E-state index contributed by atoms with van der Waals surface area (Å²) in [4.78, 5) is 15.9. The lowest BCUT2D eigenvalue weighted by atomic mass is 10.2. The molecule has 7 nitrogen and oxygen atoms in total. The molecule has 0 aromatic heterocycles. The molecule has 0 aliphatic carbocycles. The van der Waals surface area contributed by atoms with Gasteiger partial charge in [-0.15, -0.1) is 0 Å². The van der Waals surface area contributed by atoms with E-state index in [0.29, 0.717) is 30.2 Å². The quantitative estimate of drug-likeness (QED) is 0.652. The summed E-state index contributed by atoms with van der Waals surface area (Å²) >= 11 is 6.04. The normalized spacial score (nSPS) is 11.4. The topological polar surface area (TPSA) is 79.0 Å². The Labute approximate surface area is 155 Å². The molecule has 0 aliphatic heterocycles. The van der Waals surface area contributed by atoms with Crippen LogP contribution >= 0.6 is 11.6 Å². The third-order valence-electron chi connectivity index (χ3n) is 3.39. The van der Waals surface area contributed by atoms with E-state index in [9.17, 15) is 13.2 Å². The summed E-state index contributed by atoms with van der Waals surface area (Å²) in [6.45, 7) is 5.18. The molecule has 1 aromatic rings. The summed E-state index contributed by atoms with van der Waals surface area (Å²) in [5.74, 6) is 0.0424. The van der Waals surface area contributed by atoms with Crippen molar-refractivity contribution in [2.45, 2.75) is 20.4 Å². The van der Waals surface area contributed by atoms with Crippen molar-refractivity contribution < 1.29 is 17.4 Å². The molecule has 1 N–H and O–H groups in total. The average molecular weight is 392 g/mol. The van der Waals surface area contributed by atoms with Crippen molar-refractivity contribution >= 4 is 27.8 Å². The largest absolute Gasteiger partial charge is 0.382 e. The molecule has 142 valence electrons. The summed E-state index contributed by atoms with van der Waals surface area (Å²) in [5, 5.41) is 3.20. The van der Waals surface area contributed by atoms with Crippen LogP contribution in [0.15, 0.2) is 18.2 Å². The molecule has 0 fully saturated rings. The van der Waals surface area contributed by atoms with Gasteiger partial charge in [0.15, 0.2) is 0 Å². The third kappa shape index (κ3) is 7.50. The van der Waals surface area contributed by atoms with Crippen molar-refractivity contribution in [2.24, 2.45) is 0 Å². The molecule has 2 amide bonds. The van der Waals surface area contributed by atoms with Gasteiger partial charge in [-0.2, -0.15) is 8.42 Å². The number of benzene rings is 1. The summed E-state index contributed by atoms with van der Waals surface area (Å²) in [5.41, 5.74) is 0.537. The zero-order chi connectivity index (χ0) is 19.0. The minimum atomic E-state index is -3.67. The lowest BCUT2D eigenvalue weighted by molar-refractivity contribution is 0.189. The van der Waals surface area contributed by atoms with Gasteiger partial charge in [-0.3, -0.25) is 0 Å². The molecule has 0 radical (unpaired) electrons. The Bertz CT molecular complexity index is 680. The van der Waals surface area contributed by atoms with Crippen LogP contribution in [0.3, 0.4) is 0 Å². The van der Waals surface area contributed by atoms with E-state index in [1.807, 2.05) is 25.9 Å². The molecule has 0 atom stereocenters. The molecule has 0 heterocycles. The van der Waals surface area contributed by atoms with Crippen LogP contribution in [-0.4, -0.2) is 63.7 Å². The van der Waals surface area contributed by atoms with E-state index in [1.165, 1.54) is 13.0 Å². The van der Waals surface area contributed by atoms with E-state index in [-0.39, 0.29) is 24.1 Å². The van der Waals surface area contributed by atoms with Gasteiger partial charge >= 0.3 is 16.1 Å². The van der Waals surface area contributed by atoms with Gasteiger partial charge in [-0.25, -0.2) is 4.79 Å². The Kier molecular flexibility index (Phi) is 8.47. The molecule has 1 rings (SSSR count). The van der Waals surface area contributed by atoms with Crippen LogP contribution in [0.4, 0.5) is 4.79 Å². The number of amides is 2. The highest BCUT2D eigenvalue weighted by Crippen LogP contribution is 2.26. The van der Waals surface area contributed by atoms with Gasteiger partial charge in [-0.1, -0.05) is 11.6 Å². The highest BCUT2D eigenvalue weighted by Gasteiger charge is 2.19. The third-order valence-corrected chi connectivity index (χ3v) is 4.76. The monoisotopic (exact) mass is 391 g/mol. The van der Waals surface area contributed by atoms with E-state index in [1.54, 1.807) is 17.0 Å². The van der Waals surface area contributed by atoms with Crippen LogP contribution in [0.25, 0.3) is 0 Å². The number of carbonyl (C=O) groups is 1. The van der Waals surface area contributed by atoms with Crippen LogP contribution in [0, 0.1) is 0 Å². The minimum absolute atomic E-state index is 0.143. The lowest BCUT2D eigenvalue weighted by Crippen LogP contribution is -2.42. The smallest absolute Gasteiger partial charge is 0.317 e. The van der Waals surface area contributed by atoms with Crippen LogP contribution in [0.5, 0.6) is 5.75 Å². The first-order chi connectivity index (χ1) is 11.7. The summed E-state index contributed by atoms with van der Waals surface area (Å²) in [6, 6.07) is 4.45. The van der Waals surface area contributed by atoms with Gasteiger partial charge in [0, 0.05) is 30.2 Å². The maximum Gasteiger partial charge on any atom is 0.317 e. The predicted octanol–water partition coefficient (Wildman–Crippen LogP) is 2.16. The number of hydrogen-bond acceptors (Lipinski definition) is 5. The van der Waals surface area contributed by atoms with Gasteiger partial charge in [0.1, 0.15) is 5.75 Å². The van der Waals surface area contributed by atoms with E-state index in [0.717, 1.165) is 0 Å². The van der Waals surface area contributed by atoms with E-state index >= 15 is 0 Å². The van der Waals surface area contributed by atoms with E-state index in [4.69, 9.17) is 15.8 Å². The van der Waals surface area contributed by atoms with Gasteiger partial charge in [-0.05, 0) is 46.1 Å². The number of likely N-dealkylation sites (N-methyl/N-ethyl adjacent to an activating group) is 1. The van der Waals surface area contributed by atoms with Crippen molar-refractivity contribution in [1.29, 1.82) is 0 Å². The lowest BCUT2D eigenvalue weighted by Gasteiger charge is -2.25. The molecule has 1 aromatic carbocycles. The Morgan fingerprint density at radius 2 is 1.92 bits per heavy atom. The Balaban J connectivity index is 3.09. The first-order valence-electron chi connectivity index (χ1n) is 8.06. The second-order valence-corrected chi connectivity index (χ2v) is 8.04. The first-order valence-corrected chi connectivity index (χ1v) is 10.0. The molecule has 25 heavy (non-hydrogen) atoms. The van der Waals surface area contributed by atoms with Crippen LogP contribution < -0.4 is 9.50 Å². The van der Waals surface area contributed by atoms with E-state index in [2.05, 4.69) is 5.32 Å². The SMILES string of the molecule is CCNC(=O)N(CCN(C)C)Cc1cc(Cl)ccc1OS(=O)(=O)CC. The van der Waals surface area contributed by atoms with Crippen molar-refractivity contribution in [3.05, 3.63) is 28.8 Å². The van der Waals surface area contributed by atoms with Gasteiger partial charge in [0.05, 0.1) is 12.3 Å². The number of hydrogen-bond donors (Lipinski definition) is 1. The number of urea groups is 1. The predicted molar refractivity (Wildman–Crippen MR) is 99.6 cm³/mol. The standard InChI is InChI=1S/C16H26ClN3O4S/c1-5-18-16(21)20(10-9-19(3)4)12-13-11-14(17)7-8-15(13)24-25(22,23)6-2/h7-8,11H,5-6,9-10,12H2,1-4H3,(H,18,21). The number of carbonyl (C=O) groups excluding carboxylic acids is 1. The molecule has 0 unspecified atom stereocenters. The Hall–Kier alpha value is -1.51. The number of halogens is 1. The number of rotatable bonds is 9. The van der Waals surface area contributed by atoms with Crippen molar-refractivity contribution in [3.8, 4) is 5.75 Å². The molecule has 0 saturated heterocycles. The second kappa shape index (κ2) is 9.84. The highest BCUT2D eigenvalue weighted by atomic mass is 35.5. The Morgan fingerprint density at radius 3 is 2.48 bits per heavy atom. The van der Waals surface area contributed by atoms with Crippen molar-refractivity contribution in [1.82, 2.24) is 15.1 Å². The zero-order valence-electron chi connectivity index (χ0n) is 15.1. The van der Waals surface area contributed by atoms with Crippen LogP contribution in [-0.2, 0) is 16.7 Å². The number of nitrogens with zero attached hydrogens (tertiary/aromatic N) is 2. The fourth-order valence-electron chi connectivity index (χ4n) is 1.99. The summed E-state index contributed by atoms with van der Waals surface area (Å²) in [7, 11) is 0.158. The van der Waals surface area contributed by atoms with Gasteiger partial charge in [0.2, 0.25) is 0 Å². The highest BCUT2D eigenvalue weighted by molar-refractivity contribution is 7.87.